The first-order chi connectivity index (χ1) is 11.3. The highest BCUT2D eigenvalue weighted by atomic mass is 32.1. The van der Waals surface area contributed by atoms with Gasteiger partial charge in [-0.1, -0.05) is 12.1 Å². The number of halogens is 1. The van der Waals surface area contributed by atoms with Gasteiger partial charge in [0, 0.05) is 17.7 Å². The fraction of sp³-hybridized carbons (Fsp3) is 0.316. The highest BCUT2D eigenvalue weighted by Gasteiger charge is 2.34. The van der Waals surface area contributed by atoms with Crippen LogP contribution in [0, 0.1) is 12.7 Å². The predicted octanol–water partition coefficient (Wildman–Crippen LogP) is 4.72. The number of rotatable bonds is 2. The zero-order valence-corrected chi connectivity index (χ0v) is 14.8. The van der Waals surface area contributed by atoms with E-state index in [1.807, 2.05) is 0 Å². The lowest BCUT2D eigenvalue weighted by Crippen LogP contribution is -2.42. The molecule has 5 heteroatoms. The van der Waals surface area contributed by atoms with Crippen LogP contribution in [0.5, 0.6) is 5.75 Å². The van der Waals surface area contributed by atoms with Gasteiger partial charge >= 0.3 is 0 Å². The number of aryl methyl sites for hydroxylation is 1. The Bertz CT molecular complexity index is 758. The Labute approximate surface area is 147 Å². The number of thiocarbonyl (C=S) groups is 1. The number of hydrogen-bond donors (Lipinski definition) is 2. The van der Waals surface area contributed by atoms with Crippen LogP contribution in [0.3, 0.4) is 0 Å². The van der Waals surface area contributed by atoms with Crippen molar-refractivity contribution in [3.05, 3.63) is 59.4 Å². The van der Waals surface area contributed by atoms with Crippen LogP contribution in [0.1, 0.15) is 37.4 Å². The van der Waals surface area contributed by atoms with Crippen LogP contribution in [0.4, 0.5) is 10.1 Å². The number of benzene rings is 2. The lowest BCUT2D eigenvalue weighted by molar-refractivity contribution is 0.0696. The van der Waals surface area contributed by atoms with Crippen LogP contribution < -0.4 is 15.4 Å². The van der Waals surface area contributed by atoms with Gasteiger partial charge in [-0.15, -0.1) is 0 Å². The molecule has 0 saturated carbocycles. The molecule has 3 rings (SSSR count). The molecule has 2 aromatic rings. The molecule has 1 heterocycles. The van der Waals surface area contributed by atoms with Crippen LogP contribution in [-0.2, 0) is 0 Å². The van der Waals surface area contributed by atoms with Crippen molar-refractivity contribution in [2.24, 2.45) is 0 Å². The Balaban J connectivity index is 1.76. The summed E-state index contributed by atoms with van der Waals surface area (Å²) in [6.07, 6.45) is 0.800. The van der Waals surface area contributed by atoms with Gasteiger partial charge in [0.05, 0.1) is 6.04 Å². The molecule has 126 valence electrons. The minimum atomic E-state index is -0.274. The van der Waals surface area contributed by atoms with Gasteiger partial charge in [0.25, 0.3) is 0 Å². The second-order valence-corrected chi connectivity index (χ2v) is 7.17. The molecule has 0 spiro atoms. The number of anilines is 1. The number of hydrogen-bond acceptors (Lipinski definition) is 2. The van der Waals surface area contributed by atoms with E-state index in [-0.39, 0.29) is 17.5 Å². The summed E-state index contributed by atoms with van der Waals surface area (Å²) in [5, 5.41) is 6.97. The second kappa shape index (κ2) is 6.40. The van der Waals surface area contributed by atoms with Gasteiger partial charge in [-0.25, -0.2) is 4.39 Å². The van der Waals surface area contributed by atoms with Crippen molar-refractivity contribution in [3.63, 3.8) is 0 Å². The number of ether oxygens (including phenoxy) is 1. The van der Waals surface area contributed by atoms with E-state index in [1.54, 1.807) is 12.1 Å². The molecule has 0 aromatic heterocycles. The summed E-state index contributed by atoms with van der Waals surface area (Å²) in [4.78, 5) is 0. The number of fused-ring (bicyclic) bond motifs is 1. The highest BCUT2D eigenvalue weighted by Crippen LogP contribution is 2.39. The summed E-state index contributed by atoms with van der Waals surface area (Å²) < 4.78 is 19.1. The lowest BCUT2D eigenvalue weighted by atomic mass is 9.89. The maximum atomic E-state index is 13.0. The summed E-state index contributed by atoms with van der Waals surface area (Å²) in [5.74, 6) is 0.628. The molecule has 0 fully saturated rings. The zero-order chi connectivity index (χ0) is 17.3. The molecule has 0 amide bonds. The van der Waals surface area contributed by atoms with Gasteiger partial charge in [0.15, 0.2) is 5.11 Å². The second-order valence-electron chi connectivity index (χ2n) is 6.77. The molecule has 2 aromatic carbocycles. The first-order valence-electron chi connectivity index (χ1n) is 7.95. The van der Waals surface area contributed by atoms with Gasteiger partial charge in [-0.2, -0.15) is 0 Å². The topological polar surface area (TPSA) is 33.3 Å². The fourth-order valence-electron chi connectivity index (χ4n) is 2.95. The number of nitrogens with one attached hydrogen (secondary N) is 2. The van der Waals surface area contributed by atoms with Crippen LogP contribution in [0.15, 0.2) is 42.5 Å². The summed E-state index contributed by atoms with van der Waals surface area (Å²) in [5.41, 5.74) is 2.74. The van der Waals surface area contributed by atoms with Crippen LogP contribution in [0.2, 0.25) is 0 Å². The maximum absolute atomic E-state index is 13.0. The fourth-order valence-corrected chi connectivity index (χ4v) is 3.21. The van der Waals surface area contributed by atoms with E-state index in [9.17, 15) is 4.39 Å². The normalized spacial score (nSPS) is 18.2. The third-order valence-electron chi connectivity index (χ3n) is 4.03. The smallest absolute Gasteiger partial charge is 0.171 e. The third-order valence-corrected chi connectivity index (χ3v) is 4.25. The van der Waals surface area contributed by atoms with Crippen molar-refractivity contribution < 1.29 is 9.13 Å². The molecule has 1 aliphatic rings. The Hall–Kier alpha value is -2.14. The molecule has 0 saturated heterocycles. The van der Waals surface area contributed by atoms with E-state index in [0.29, 0.717) is 5.11 Å². The van der Waals surface area contributed by atoms with Gasteiger partial charge < -0.3 is 15.4 Å². The van der Waals surface area contributed by atoms with Crippen molar-refractivity contribution >= 4 is 23.0 Å². The summed E-state index contributed by atoms with van der Waals surface area (Å²) in [7, 11) is 0. The summed E-state index contributed by atoms with van der Waals surface area (Å²) in [6.45, 7) is 6.20. The van der Waals surface area contributed by atoms with Gasteiger partial charge in [0.2, 0.25) is 0 Å². The van der Waals surface area contributed by atoms with E-state index in [1.165, 1.54) is 12.1 Å². The van der Waals surface area contributed by atoms with E-state index in [0.717, 1.165) is 29.0 Å². The minimum Gasteiger partial charge on any atom is -0.487 e. The first-order valence-corrected chi connectivity index (χ1v) is 8.36. The summed E-state index contributed by atoms with van der Waals surface area (Å²) in [6, 6.07) is 12.4. The first kappa shape index (κ1) is 16.7. The Morgan fingerprint density at radius 1 is 1.21 bits per heavy atom. The average molecular weight is 344 g/mol. The van der Waals surface area contributed by atoms with E-state index >= 15 is 0 Å². The van der Waals surface area contributed by atoms with E-state index in [2.05, 4.69) is 49.6 Å². The quantitative estimate of drug-likeness (QED) is 0.772. The third kappa shape index (κ3) is 3.85. The monoisotopic (exact) mass is 344 g/mol. The molecule has 3 nitrogen and oxygen atoms in total. The Kier molecular flexibility index (Phi) is 4.45. The van der Waals surface area contributed by atoms with Crippen LogP contribution in [-0.4, -0.2) is 10.7 Å². The SMILES string of the molecule is Cc1ccc2c(c1)OC(C)(C)C[C@H]2NC(=S)Nc1ccc(F)cc1. The Morgan fingerprint density at radius 2 is 1.92 bits per heavy atom. The van der Waals surface area contributed by atoms with Gasteiger partial charge in [-0.3, -0.25) is 0 Å². The molecule has 1 atom stereocenters. The molecular formula is C19H21FN2OS. The average Bonchev–Trinajstić information content (AvgIpc) is 2.48. The molecule has 24 heavy (non-hydrogen) atoms. The zero-order valence-electron chi connectivity index (χ0n) is 14.0. The minimum absolute atomic E-state index is 0.0600. The highest BCUT2D eigenvalue weighted by molar-refractivity contribution is 7.80. The van der Waals surface area contributed by atoms with E-state index < -0.39 is 0 Å². The molecular weight excluding hydrogens is 323 g/mol. The lowest BCUT2D eigenvalue weighted by Gasteiger charge is -2.38. The van der Waals surface area contributed by atoms with Crippen molar-refractivity contribution in [1.82, 2.24) is 5.32 Å². The molecule has 0 aliphatic carbocycles. The largest absolute Gasteiger partial charge is 0.487 e. The van der Waals surface area contributed by atoms with Gasteiger partial charge in [0.1, 0.15) is 17.2 Å². The predicted molar refractivity (Wildman–Crippen MR) is 99.0 cm³/mol. The molecule has 0 bridgehead atoms. The summed E-state index contributed by atoms with van der Waals surface area (Å²) >= 11 is 5.42. The standard InChI is InChI=1S/C19H21FN2OS/c1-12-4-9-15-16(11-19(2,3)23-17(15)10-12)22-18(24)21-14-7-5-13(20)6-8-14/h4-10,16H,11H2,1-3H3,(H2,21,22,24)/t16-/m1/s1. The Morgan fingerprint density at radius 3 is 2.62 bits per heavy atom. The molecule has 1 aliphatic heterocycles. The van der Waals surface area contributed by atoms with Gasteiger partial charge in [-0.05, 0) is 68.9 Å². The van der Waals surface area contributed by atoms with Crippen LogP contribution in [0.25, 0.3) is 0 Å². The molecule has 2 N–H and O–H groups in total. The van der Waals surface area contributed by atoms with Crippen molar-refractivity contribution in [2.75, 3.05) is 5.32 Å². The molecule has 0 radical (unpaired) electrons. The van der Waals surface area contributed by atoms with Crippen molar-refractivity contribution in [1.29, 1.82) is 0 Å². The van der Waals surface area contributed by atoms with Crippen molar-refractivity contribution in [3.8, 4) is 5.75 Å². The van der Waals surface area contributed by atoms with Crippen molar-refractivity contribution in [2.45, 2.75) is 38.8 Å². The maximum Gasteiger partial charge on any atom is 0.171 e. The van der Waals surface area contributed by atoms with E-state index in [4.69, 9.17) is 17.0 Å². The molecule has 0 unspecified atom stereocenters. The van der Waals surface area contributed by atoms with Crippen LogP contribution >= 0.6 is 12.2 Å².